The number of benzene rings is 1. The first-order chi connectivity index (χ1) is 9.72. The van der Waals surface area contributed by atoms with Crippen LogP contribution in [0.15, 0.2) is 44.1 Å². The topological polar surface area (TPSA) is 75.9 Å². The Kier molecular flexibility index (Phi) is 3.34. The Morgan fingerprint density at radius 3 is 2.20 bits per heavy atom. The predicted octanol–water partition coefficient (Wildman–Crippen LogP) is 2.74. The van der Waals surface area contributed by atoms with Crippen molar-refractivity contribution >= 4 is 40.5 Å². The maximum Gasteiger partial charge on any atom is 0.350 e. The first-order valence-electron chi connectivity index (χ1n) is 5.58. The molecule has 0 saturated heterocycles. The first-order valence-corrected chi connectivity index (χ1v) is 7.21. The van der Waals surface area contributed by atoms with Crippen molar-refractivity contribution in [2.45, 2.75) is 10.1 Å². The third-order valence-electron chi connectivity index (χ3n) is 2.59. The quantitative estimate of drug-likeness (QED) is 0.455. The summed E-state index contributed by atoms with van der Waals surface area (Å²) in [5.74, 6) is -0.639. The van der Waals surface area contributed by atoms with Gasteiger partial charge in [-0.25, -0.2) is 14.8 Å². The van der Waals surface area contributed by atoms with Gasteiger partial charge < -0.3 is 4.74 Å². The van der Waals surface area contributed by atoms with Crippen LogP contribution in [0, 0.1) is 11.3 Å². The number of carbonyl (C=O) groups excluding carboxylic acids is 1. The minimum atomic E-state index is -0.639. The molecule has 0 amide bonds. The molecule has 1 aromatic heterocycles. The molecule has 0 radical (unpaired) electrons. The van der Waals surface area contributed by atoms with Gasteiger partial charge in [-0.15, -0.1) is 0 Å². The maximum atomic E-state index is 11.5. The van der Waals surface area contributed by atoms with E-state index < -0.39 is 5.97 Å². The van der Waals surface area contributed by atoms with Gasteiger partial charge in [0.2, 0.25) is 0 Å². The molecule has 2 aromatic rings. The Morgan fingerprint density at radius 1 is 1.20 bits per heavy atom. The predicted molar refractivity (Wildman–Crippen MR) is 75.9 cm³/mol. The average molecular weight is 301 g/mol. The van der Waals surface area contributed by atoms with Crippen molar-refractivity contribution in [3.05, 3.63) is 34.1 Å². The zero-order valence-electron chi connectivity index (χ0n) is 10.3. The molecule has 0 N–H and O–H groups in total. The molecule has 0 saturated carbocycles. The van der Waals surface area contributed by atoms with E-state index in [0.717, 1.165) is 11.0 Å². The molecule has 3 rings (SSSR count). The molecule has 0 fully saturated rings. The Labute approximate surface area is 123 Å². The Morgan fingerprint density at radius 2 is 1.75 bits per heavy atom. The van der Waals surface area contributed by atoms with E-state index in [1.165, 1.54) is 30.6 Å². The van der Waals surface area contributed by atoms with E-state index in [-0.39, 0.29) is 5.57 Å². The van der Waals surface area contributed by atoms with Crippen LogP contribution in [0.4, 0.5) is 0 Å². The van der Waals surface area contributed by atoms with Crippen LogP contribution in [0.25, 0.3) is 11.0 Å². The number of fused-ring (bicyclic) bond motifs is 2. The second-order valence-electron chi connectivity index (χ2n) is 3.79. The third-order valence-corrected chi connectivity index (χ3v) is 4.96. The monoisotopic (exact) mass is 301 g/mol. The number of methoxy groups -OCH3 is 1. The van der Waals surface area contributed by atoms with Crippen LogP contribution < -0.4 is 0 Å². The molecule has 0 aliphatic carbocycles. The highest BCUT2D eigenvalue weighted by molar-refractivity contribution is 8.24. The number of rotatable bonds is 1. The van der Waals surface area contributed by atoms with Gasteiger partial charge in [0.05, 0.1) is 22.4 Å². The van der Waals surface area contributed by atoms with Gasteiger partial charge in [-0.1, -0.05) is 35.7 Å². The molecule has 0 atom stereocenters. The highest BCUT2D eigenvalue weighted by atomic mass is 32.2. The minimum absolute atomic E-state index is 0.00800. The van der Waals surface area contributed by atoms with Gasteiger partial charge in [0.15, 0.2) is 5.57 Å². The molecular weight excluding hydrogens is 294 g/mol. The molecule has 0 unspecified atom stereocenters. The van der Waals surface area contributed by atoms with Gasteiger partial charge in [0.1, 0.15) is 16.1 Å². The molecule has 98 valence electrons. The smallest absolute Gasteiger partial charge is 0.350 e. The second kappa shape index (κ2) is 5.15. The maximum absolute atomic E-state index is 11.5. The number of aromatic nitrogens is 2. The van der Waals surface area contributed by atoms with E-state index in [9.17, 15) is 4.79 Å². The highest BCUT2D eigenvalue weighted by Crippen LogP contribution is 2.50. The number of nitriles is 1. The Bertz CT molecular complexity index is 749. The molecule has 0 bridgehead atoms. The first kappa shape index (κ1) is 13.0. The summed E-state index contributed by atoms with van der Waals surface area (Å²) in [6.45, 7) is 0. The summed E-state index contributed by atoms with van der Waals surface area (Å²) in [4.78, 5) is 20.5. The van der Waals surface area contributed by atoms with Crippen molar-refractivity contribution in [2.24, 2.45) is 0 Å². The van der Waals surface area contributed by atoms with Crippen LogP contribution in [0.2, 0.25) is 0 Å². The molecule has 7 heteroatoms. The van der Waals surface area contributed by atoms with Gasteiger partial charge >= 0.3 is 5.97 Å². The number of carbonyl (C=O) groups is 1. The highest BCUT2D eigenvalue weighted by Gasteiger charge is 2.27. The van der Waals surface area contributed by atoms with Gasteiger partial charge in [0.25, 0.3) is 0 Å². The van der Waals surface area contributed by atoms with Gasteiger partial charge in [0, 0.05) is 0 Å². The summed E-state index contributed by atoms with van der Waals surface area (Å²) in [7, 11) is 1.25. The number of ether oxygens (including phenoxy) is 1. The zero-order valence-corrected chi connectivity index (χ0v) is 11.9. The Hall–Kier alpha value is -2.04. The lowest BCUT2D eigenvalue weighted by atomic mass is 10.3. The molecule has 20 heavy (non-hydrogen) atoms. The molecule has 2 heterocycles. The molecule has 1 aliphatic rings. The summed E-state index contributed by atoms with van der Waals surface area (Å²) in [6.07, 6.45) is 0. The largest absolute Gasteiger partial charge is 0.465 e. The Balaban J connectivity index is 2.08. The normalized spacial score (nSPS) is 12.9. The number of nitrogens with zero attached hydrogens (tertiary/aromatic N) is 3. The fraction of sp³-hybridized carbons (Fsp3) is 0.0769. The van der Waals surface area contributed by atoms with Crippen molar-refractivity contribution in [1.82, 2.24) is 9.97 Å². The number of thioether (sulfide) groups is 2. The number of hydrogen-bond donors (Lipinski definition) is 0. The fourth-order valence-corrected chi connectivity index (χ4v) is 3.93. The van der Waals surface area contributed by atoms with Gasteiger partial charge in [-0.05, 0) is 12.1 Å². The molecule has 5 nitrogen and oxygen atoms in total. The van der Waals surface area contributed by atoms with Crippen molar-refractivity contribution in [2.75, 3.05) is 7.11 Å². The van der Waals surface area contributed by atoms with Crippen molar-refractivity contribution in [3.8, 4) is 6.07 Å². The summed E-state index contributed by atoms with van der Waals surface area (Å²) in [5.41, 5.74) is 1.57. The van der Waals surface area contributed by atoms with Gasteiger partial charge in [-0.3, -0.25) is 0 Å². The van der Waals surface area contributed by atoms with E-state index >= 15 is 0 Å². The minimum Gasteiger partial charge on any atom is -0.465 e. The summed E-state index contributed by atoms with van der Waals surface area (Å²) < 4.78 is 5.17. The van der Waals surface area contributed by atoms with Crippen LogP contribution in [0.5, 0.6) is 0 Å². The van der Waals surface area contributed by atoms with Gasteiger partial charge in [-0.2, -0.15) is 5.26 Å². The van der Waals surface area contributed by atoms with E-state index in [4.69, 9.17) is 5.26 Å². The lowest BCUT2D eigenvalue weighted by Gasteiger charge is -1.98. The van der Waals surface area contributed by atoms with Crippen LogP contribution in [0.3, 0.4) is 0 Å². The standard InChI is InChI=1S/C13H7N3O2S2/c1-18-12(17)7(6-14)13-19-10-11(20-13)16-9-5-3-2-4-8(9)15-10/h2-5H,1H3. The SMILES string of the molecule is COC(=O)C(C#N)=C1Sc2nc3ccccc3nc2S1. The average Bonchev–Trinajstić information content (AvgIpc) is 2.87. The van der Waals surface area contributed by atoms with Crippen molar-refractivity contribution in [1.29, 1.82) is 5.26 Å². The van der Waals surface area contributed by atoms with Crippen molar-refractivity contribution in [3.63, 3.8) is 0 Å². The van der Waals surface area contributed by atoms with Crippen LogP contribution in [-0.4, -0.2) is 23.0 Å². The molecule has 1 aliphatic heterocycles. The second-order valence-corrected chi connectivity index (χ2v) is 6.05. The van der Waals surface area contributed by atoms with Crippen LogP contribution in [0.1, 0.15) is 0 Å². The lowest BCUT2D eigenvalue weighted by molar-refractivity contribution is -0.135. The van der Waals surface area contributed by atoms with E-state index in [1.54, 1.807) is 0 Å². The molecular formula is C13H7N3O2S2. The molecule has 1 aromatic carbocycles. The fourth-order valence-electron chi connectivity index (χ4n) is 1.68. The van der Waals surface area contributed by atoms with Crippen molar-refractivity contribution < 1.29 is 9.53 Å². The lowest BCUT2D eigenvalue weighted by Crippen LogP contribution is -2.03. The molecule has 0 spiro atoms. The van der Waals surface area contributed by atoms with E-state index in [0.29, 0.717) is 14.3 Å². The summed E-state index contributed by atoms with van der Waals surface area (Å²) in [5, 5.41) is 10.5. The third kappa shape index (κ3) is 2.13. The number of para-hydroxylation sites is 2. The van der Waals surface area contributed by atoms with Crippen LogP contribution >= 0.6 is 23.5 Å². The number of esters is 1. The van der Waals surface area contributed by atoms with E-state index in [2.05, 4.69) is 14.7 Å². The number of hydrogen-bond acceptors (Lipinski definition) is 7. The van der Waals surface area contributed by atoms with Crippen LogP contribution in [-0.2, 0) is 9.53 Å². The summed E-state index contributed by atoms with van der Waals surface area (Å²) >= 11 is 2.55. The summed E-state index contributed by atoms with van der Waals surface area (Å²) in [6, 6.07) is 9.41. The zero-order chi connectivity index (χ0) is 14.1. The van der Waals surface area contributed by atoms with E-state index in [1.807, 2.05) is 30.3 Å².